The van der Waals surface area contributed by atoms with Crippen molar-refractivity contribution in [1.29, 1.82) is 0 Å². The predicted octanol–water partition coefficient (Wildman–Crippen LogP) is 3.54. The lowest BCUT2D eigenvalue weighted by atomic mass is 10.0. The molecule has 11 heteroatoms. The standard InChI is InChI=1S/C33H43N3O8/c1-7-42-31(40)27-26(28(37)34-25(18-21(2)3)30(39)43-20-23-16-12-9-13-17-23)36(27)29(38)24(19-22-14-10-8-11-15-22)35-32(41)44-33(4,5)6/h8-17,21,24-27H,7,18-20H2,1-6H3,(H,34,37)(H,35,41)/t24-,25-,26-,27-,36?/m0/s1. The molecular formula is C33H43N3O8. The van der Waals surface area contributed by atoms with E-state index in [2.05, 4.69) is 10.6 Å². The molecule has 1 fully saturated rings. The van der Waals surface area contributed by atoms with E-state index in [1.165, 1.54) is 0 Å². The van der Waals surface area contributed by atoms with Gasteiger partial charge in [0.25, 0.3) is 0 Å². The Balaban J connectivity index is 1.81. The minimum atomic E-state index is -1.24. The molecule has 3 rings (SSSR count). The number of benzene rings is 2. The number of nitrogens with zero attached hydrogens (tertiary/aromatic N) is 1. The summed E-state index contributed by atoms with van der Waals surface area (Å²) in [5.41, 5.74) is 0.718. The number of carbonyl (C=O) groups is 5. The van der Waals surface area contributed by atoms with Crippen molar-refractivity contribution in [2.45, 2.75) is 90.8 Å². The summed E-state index contributed by atoms with van der Waals surface area (Å²) in [6.07, 6.45) is -0.456. The maximum absolute atomic E-state index is 13.9. The van der Waals surface area contributed by atoms with Crippen LogP contribution in [-0.4, -0.2) is 71.1 Å². The van der Waals surface area contributed by atoms with Gasteiger partial charge in [0.05, 0.1) is 6.61 Å². The van der Waals surface area contributed by atoms with Crippen LogP contribution in [0.25, 0.3) is 0 Å². The second kappa shape index (κ2) is 15.4. The van der Waals surface area contributed by atoms with Crippen molar-refractivity contribution in [3.05, 3.63) is 71.8 Å². The van der Waals surface area contributed by atoms with Crippen LogP contribution in [0.15, 0.2) is 60.7 Å². The van der Waals surface area contributed by atoms with Crippen molar-refractivity contribution in [3.8, 4) is 0 Å². The summed E-state index contributed by atoms with van der Waals surface area (Å²) in [6.45, 7) is 10.6. The molecular weight excluding hydrogens is 566 g/mol. The van der Waals surface area contributed by atoms with Crippen molar-refractivity contribution >= 4 is 29.8 Å². The third-order valence-corrected chi connectivity index (χ3v) is 6.66. The van der Waals surface area contributed by atoms with E-state index >= 15 is 0 Å². The van der Waals surface area contributed by atoms with Crippen LogP contribution < -0.4 is 10.6 Å². The average Bonchev–Trinajstić information content (AvgIpc) is 3.71. The third kappa shape index (κ3) is 10.1. The Bertz CT molecular complexity index is 1290. The van der Waals surface area contributed by atoms with E-state index in [4.69, 9.17) is 14.2 Å². The van der Waals surface area contributed by atoms with E-state index in [-0.39, 0.29) is 32.0 Å². The monoisotopic (exact) mass is 609 g/mol. The van der Waals surface area contributed by atoms with Gasteiger partial charge in [-0.1, -0.05) is 74.5 Å². The highest BCUT2D eigenvalue weighted by molar-refractivity contribution is 6.05. The number of esters is 2. The highest BCUT2D eigenvalue weighted by atomic mass is 16.6. The highest BCUT2D eigenvalue weighted by Gasteiger charge is 2.62. The predicted molar refractivity (Wildman–Crippen MR) is 162 cm³/mol. The van der Waals surface area contributed by atoms with Gasteiger partial charge in [0, 0.05) is 6.42 Å². The lowest BCUT2D eigenvalue weighted by Gasteiger charge is -2.24. The first kappa shape index (κ1) is 34.1. The van der Waals surface area contributed by atoms with Gasteiger partial charge < -0.3 is 29.7 Å². The second-order valence-electron chi connectivity index (χ2n) is 12.1. The summed E-state index contributed by atoms with van der Waals surface area (Å²) in [5, 5.41) is 5.29. The van der Waals surface area contributed by atoms with Gasteiger partial charge in [0.1, 0.15) is 30.3 Å². The smallest absolute Gasteiger partial charge is 0.408 e. The van der Waals surface area contributed by atoms with Crippen LogP contribution >= 0.6 is 0 Å². The van der Waals surface area contributed by atoms with E-state index in [1.807, 2.05) is 50.2 Å². The Morgan fingerprint density at radius 1 is 0.818 bits per heavy atom. The van der Waals surface area contributed by atoms with Crippen molar-refractivity contribution in [3.63, 3.8) is 0 Å². The summed E-state index contributed by atoms with van der Waals surface area (Å²) in [4.78, 5) is 67.2. The van der Waals surface area contributed by atoms with Crippen molar-refractivity contribution < 1.29 is 38.2 Å². The molecule has 0 saturated carbocycles. The van der Waals surface area contributed by atoms with Gasteiger partial charge in [0.15, 0.2) is 6.04 Å². The van der Waals surface area contributed by atoms with Crippen LogP contribution in [0.3, 0.4) is 0 Å². The number of nitrogens with one attached hydrogen (secondary N) is 2. The van der Waals surface area contributed by atoms with Gasteiger partial charge >= 0.3 is 18.0 Å². The molecule has 0 aromatic heterocycles. The minimum absolute atomic E-state index is 0.0237. The molecule has 2 N–H and O–H groups in total. The first-order valence-corrected chi connectivity index (χ1v) is 14.8. The number of hydrogen-bond acceptors (Lipinski definition) is 8. The molecule has 1 saturated heterocycles. The van der Waals surface area contributed by atoms with Gasteiger partial charge in [-0.05, 0) is 51.2 Å². The Kier molecular flexibility index (Phi) is 11.9. The molecule has 1 aliphatic rings. The Labute approximate surface area is 258 Å². The molecule has 0 aliphatic carbocycles. The first-order chi connectivity index (χ1) is 20.8. The molecule has 11 nitrogen and oxygen atoms in total. The number of rotatable bonds is 13. The maximum Gasteiger partial charge on any atom is 0.408 e. The maximum atomic E-state index is 13.9. The van der Waals surface area contributed by atoms with Crippen molar-refractivity contribution in [2.75, 3.05) is 6.61 Å². The number of alkyl carbamates (subject to hydrolysis) is 1. The zero-order valence-electron chi connectivity index (χ0n) is 26.2. The lowest BCUT2D eigenvalue weighted by molar-refractivity contribution is -0.149. The summed E-state index contributed by atoms with van der Waals surface area (Å²) >= 11 is 0. The highest BCUT2D eigenvalue weighted by Crippen LogP contribution is 2.32. The molecule has 44 heavy (non-hydrogen) atoms. The third-order valence-electron chi connectivity index (χ3n) is 6.66. The zero-order chi connectivity index (χ0) is 32.4. The molecule has 1 heterocycles. The van der Waals surface area contributed by atoms with Gasteiger partial charge in [-0.25, -0.2) is 14.4 Å². The van der Waals surface area contributed by atoms with Gasteiger partial charge in [-0.3, -0.25) is 9.59 Å². The number of ether oxygens (including phenoxy) is 3. The fourth-order valence-corrected chi connectivity index (χ4v) is 4.70. The summed E-state index contributed by atoms with van der Waals surface area (Å²) < 4.78 is 16.0. The zero-order valence-corrected chi connectivity index (χ0v) is 26.2. The average molecular weight is 610 g/mol. The molecule has 0 spiro atoms. The van der Waals surface area contributed by atoms with Crippen LogP contribution in [0.5, 0.6) is 0 Å². The fourth-order valence-electron chi connectivity index (χ4n) is 4.70. The van der Waals surface area contributed by atoms with Crippen LogP contribution in [0.4, 0.5) is 4.79 Å². The molecule has 1 aliphatic heterocycles. The normalized spacial score (nSPS) is 17.2. The molecule has 2 aromatic rings. The van der Waals surface area contributed by atoms with E-state index < -0.39 is 59.6 Å². The largest absolute Gasteiger partial charge is 0.464 e. The Hall–Kier alpha value is -4.41. The quantitative estimate of drug-likeness (QED) is 0.200. The van der Waals surface area contributed by atoms with Gasteiger partial charge in [-0.15, -0.1) is 0 Å². The van der Waals surface area contributed by atoms with Gasteiger partial charge in [0.2, 0.25) is 11.8 Å². The number of amides is 3. The first-order valence-electron chi connectivity index (χ1n) is 14.8. The summed E-state index contributed by atoms with van der Waals surface area (Å²) in [5.74, 6) is -2.73. The van der Waals surface area contributed by atoms with E-state index in [0.717, 1.165) is 16.0 Å². The lowest BCUT2D eigenvalue weighted by Crippen LogP contribution is -2.49. The second-order valence-corrected chi connectivity index (χ2v) is 12.1. The van der Waals surface area contributed by atoms with Crippen LogP contribution in [-0.2, 0) is 46.4 Å². The summed E-state index contributed by atoms with van der Waals surface area (Å²) in [6, 6.07) is 13.5. The number of carbonyl (C=O) groups excluding carboxylic acids is 5. The van der Waals surface area contributed by atoms with Gasteiger partial charge in [-0.2, -0.15) is 0 Å². The van der Waals surface area contributed by atoms with Crippen LogP contribution in [0.2, 0.25) is 0 Å². The molecule has 2 aromatic carbocycles. The van der Waals surface area contributed by atoms with E-state index in [9.17, 15) is 24.0 Å². The van der Waals surface area contributed by atoms with Crippen LogP contribution in [0, 0.1) is 5.92 Å². The minimum Gasteiger partial charge on any atom is -0.464 e. The van der Waals surface area contributed by atoms with E-state index in [0.29, 0.717) is 0 Å². The topological polar surface area (TPSA) is 140 Å². The molecule has 0 radical (unpaired) electrons. The van der Waals surface area contributed by atoms with Crippen molar-refractivity contribution in [1.82, 2.24) is 15.5 Å². The molecule has 0 unspecified atom stereocenters. The van der Waals surface area contributed by atoms with E-state index in [1.54, 1.807) is 52.0 Å². The summed E-state index contributed by atoms with van der Waals surface area (Å²) in [7, 11) is 0. The molecule has 0 bridgehead atoms. The molecule has 3 amide bonds. The molecule has 4 atom stereocenters. The fraction of sp³-hybridized carbons (Fsp3) is 0.485. The number of hydrogen-bond donors (Lipinski definition) is 2. The Morgan fingerprint density at radius 2 is 1.41 bits per heavy atom. The molecule has 238 valence electrons. The van der Waals surface area contributed by atoms with Crippen molar-refractivity contribution in [2.24, 2.45) is 5.92 Å². The Morgan fingerprint density at radius 3 is 1.95 bits per heavy atom. The van der Waals surface area contributed by atoms with Crippen LogP contribution in [0.1, 0.15) is 59.1 Å². The SMILES string of the molecule is CCOC(=O)[C@@H]1[C@@H](C(=O)N[C@@H](CC(C)C)C(=O)OCc2ccccc2)N1C(=O)[C@H](Cc1ccccc1)NC(=O)OC(C)(C)C.